The van der Waals surface area contributed by atoms with Crippen LogP contribution in [0.25, 0.3) is 11.0 Å². The molecule has 0 atom stereocenters. The Hall–Kier alpha value is -3.72. The molecule has 2 heterocycles. The number of nitrogens with zero attached hydrogens (tertiary/aromatic N) is 2. The Morgan fingerprint density at radius 2 is 1.93 bits per heavy atom. The summed E-state index contributed by atoms with van der Waals surface area (Å²) in [5.41, 5.74) is 1.88. The van der Waals surface area contributed by atoms with Gasteiger partial charge in [0.25, 0.3) is 0 Å². The number of ether oxygens (including phenoxy) is 3. The predicted molar refractivity (Wildman–Crippen MR) is 149 cm³/mol. The first kappa shape index (κ1) is 29.3. The third-order valence-corrected chi connectivity index (χ3v) is 7.54. The summed E-state index contributed by atoms with van der Waals surface area (Å²) in [6.07, 6.45) is 7.36. The van der Waals surface area contributed by atoms with Crippen LogP contribution in [0.2, 0.25) is 0 Å². The quantitative estimate of drug-likeness (QED) is 0.0819. The number of rotatable bonds is 13. The molecule has 8 nitrogen and oxygen atoms in total. The van der Waals surface area contributed by atoms with Crippen LogP contribution in [-0.4, -0.2) is 61.5 Å². The predicted octanol–water partition coefficient (Wildman–Crippen LogP) is 6.20. The number of methoxy groups -OCH3 is 1. The van der Waals surface area contributed by atoms with E-state index in [1.54, 1.807) is 31.4 Å². The van der Waals surface area contributed by atoms with E-state index in [1.807, 2.05) is 19.1 Å². The van der Waals surface area contributed by atoms with Crippen LogP contribution in [0, 0.1) is 5.82 Å². The molecule has 1 fully saturated rings. The number of esters is 1. The zero-order valence-corrected chi connectivity index (χ0v) is 23.5. The van der Waals surface area contributed by atoms with Gasteiger partial charge in [-0.3, -0.25) is 14.1 Å². The smallest absolute Gasteiger partial charge is 0.313 e. The Kier molecular flexibility index (Phi) is 9.93. The van der Waals surface area contributed by atoms with E-state index in [0.717, 1.165) is 56.4 Å². The largest absolute Gasteiger partial charge is 0.493 e. The highest BCUT2D eigenvalue weighted by molar-refractivity contribution is 5.94. The van der Waals surface area contributed by atoms with E-state index in [2.05, 4.69) is 5.16 Å². The van der Waals surface area contributed by atoms with E-state index < -0.39 is 0 Å². The Morgan fingerprint density at radius 3 is 2.65 bits per heavy atom. The molecule has 1 saturated heterocycles. The third-order valence-electron chi connectivity index (χ3n) is 7.54. The van der Waals surface area contributed by atoms with Gasteiger partial charge in [-0.15, -0.1) is 0 Å². The molecule has 0 saturated carbocycles. The van der Waals surface area contributed by atoms with E-state index in [1.165, 1.54) is 19.1 Å². The number of fused-ring (bicyclic) bond motifs is 1. The van der Waals surface area contributed by atoms with E-state index in [-0.39, 0.29) is 29.9 Å². The van der Waals surface area contributed by atoms with Gasteiger partial charge in [0, 0.05) is 42.2 Å². The maximum Gasteiger partial charge on any atom is 0.313 e. The van der Waals surface area contributed by atoms with Crippen molar-refractivity contribution in [3.8, 4) is 11.5 Å². The Balaban J connectivity index is 1.40. The van der Waals surface area contributed by atoms with Crippen LogP contribution >= 0.6 is 0 Å². The number of quaternary nitrogens is 1. The summed E-state index contributed by atoms with van der Waals surface area (Å²) >= 11 is 0. The van der Waals surface area contributed by atoms with Crippen molar-refractivity contribution in [2.75, 3.05) is 40.1 Å². The second kappa shape index (κ2) is 13.6. The van der Waals surface area contributed by atoms with Crippen LogP contribution in [0.3, 0.4) is 0 Å². The fourth-order valence-electron chi connectivity index (χ4n) is 5.23. The summed E-state index contributed by atoms with van der Waals surface area (Å²) in [4.78, 5) is 24.1. The number of likely N-dealkylation sites (tertiary alicyclic amines) is 1. The maximum atomic E-state index is 13.6. The molecule has 0 N–H and O–H groups in total. The number of benzene rings is 2. The molecule has 0 aliphatic carbocycles. The van der Waals surface area contributed by atoms with Crippen molar-refractivity contribution in [3.63, 3.8) is 0 Å². The second-order valence-corrected chi connectivity index (χ2v) is 10.3. The SMILES string of the molecule is CCC=CCC(=O)OC[N+]1(CCCOc2ccc(C(C)=O)cc2OC)CCC(c2noc3cc(F)ccc23)CC1. The first-order chi connectivity index (χ1) is 19.3. The summed E-state index contributed by atoms with van der Waals surface area (Å²) in [6, 6.07) is 9.70. The molecule has 40 heavy (non-hydrogen) atoms. The molecule has 1 aliphatic heterocycles. The molecule has 2 aromatic carbocycles. The number of hydrogen-bond donors (Lipinski definition) is 0. The lowest BCUT2D eigenvalue weighted by Crippen LogP contribution is -2.55. The summed E-state index contributed by atoms with van der Waals surface area (Å²) in [5.74, 6) is 0.666. The summed E-state index contributed by atoms with van der Waals surface area (Å²) < 4.78 is 36.8. The molecular weight excluding hydrogens is 515 g/mol. The van der Waals surface area contributed by atoms with Crippen molar-refractivity contribution < 1.29 is 37.2 Å². The number of ketones is 1. The highest BCUT2D eigenvalue weighted by Gasteiger charge is 2.37. The number of carbonyl (C=O) groups excluding carboxylic acids is 2. The van der Waals surface area contributed by atoms with E-state index >= 15 is 0 Å². The Morgan fingerprint density at radius 1 is 1.12 bits per heavy atom. The normalized spacial score (nSPS) is 19.1. The number of hydrogen-bond acceptors (Lipinski definition) is 7. The maximum absolute atomic E-state index is 13.6. The lowest BCUT2D eigenvalue weighted by Gasteiger charge is -2.42. The van der Waals surface area contributed by atoms with Crippen LogP contribution in [0.1, 0.15) is 67.9 Å². The highest BCUT2D eigenvalue weighted by atomic mass is 19.1. The summed E-state index contributed by atoms with van der Waals surface area (Å²) in [7, 11) is 1.55. The molecule has 3 aromatic rings. The minimum atomic E-state index is -0.347. The number of halogens is 1. The average molecular weight is 554 g/mol. The van der Waals surface area contributed by atoms with Crippen molar-refractivity contribution in [2.24, 2.45) is 0 Å². The first-order valence-corrected chi connectivity index (χ1v) is 13.9. The number of Topliss-reactive ketones (excluding diaryl/α,β-unsaturated/α-hetero) is 1. The lowest BCUT2D eigenvalue weighted by molar-refractivity contribution is -0.948. The van der Waals surface area contributed by atoms with Gasteiger partial charge < -0.3 is 18.7 Å². The molecule has 1 aromatic heterocycles. The minimum Gasteiger partial charge on any atom is -0.493 e. The van der Waals surface area contributed by atoms with Crippen LogP contribution in [0.4, 0.5) is 4.39 Å². The molecule has 9 heteroatoms. The molecule has 0 radical (unpaired) electrons. The first-order valence-electron chi connectivity index (χ1n) is 13.9. The van der Waals surface area contributed by atoms with Crippen LogP contribution in [-0.2, 0) is 9.53 Å². The zero-order chi connectivity index (χ0) is 28.5. The van der Waals surface area contributed by atoms with Gasteiger partial charge >= 0.3 is 5.97 Å². The number of allylic oxidation sites excluding steroid dienone is 1. The van der Waals surface area contributed by atoms with Crippen LogP contribution < -0.4 is 9.47 Å². The topological polar surface area (TPSA) is 87.9 Å². The van der Waals surface area contributed by atoms with Crippen LogP contribution in [0.5, 0.6) is 11.5 Å². The van der Waals surface area contributed by atoms with Gasteiger partial charge in [0.05, 0.1) is 45.5 Å². The molecule has 0 spiro atoms. The number of aromatic nitrogens is 1. The van der Waals surface area contributed by atoms with Crippen molar-refractivity contribution in [3.05, 3.63) is 65.6 Å². The fraction of sp³-hybridized carbons (Fsp3) is 0.452. The monoisotopic (exact) mass is 553 g/mol. The van der Waals surface area contributed by atoms with Gasteiger partial charge in [-0.05, 0) is 43.7 Å². The van der Waals surface area contributed by atoms with Gasteiger partial charge in [0.15, 0.2) is 22.9 Å². The van der Waals surface area contributed by atoms with Crippen molar-refractivity contribution in [1.82, 2.24) is 5.16 Å². The van der Waals surface area contributed by atoms with E-state index in [0.29, 0.717) is 40.5 Å². The highest BCUT2D eigenvalue weighted by Crippen LogP contribution is 2.35. The van der Waals surface area contributed by atoms with Gasteiger partial charge in [-0.25, -0.2) is 4.39 Å². The summed E-state index contributed by atoms with van der Waals surface area (Å²) in [6.45, 7) is 6.65. The van der Waals surface area contributed by atoms with Gasteiger partial charge in [-0.1, -0.05) is 24.2 Å². The van der Waals surface area contributed by atoms with Crippen LogP contribution in [0.15, 0.2) is 53.1 Å². The van der Waals surface area contributed by atoms with Crippen molar-refractivity contribution in [2.45, 2.75) is 51.9 Å². The third kappa shape index (κ3) is 7.27. The lowest BCUT2D eigenvalue weighted by atomic mass is 9.90. The Bertz CT molecular complexity index is 1340. The fourth-order valence-corrected chi connectivity index (χ4v) is 5.23. The van der Waals surface area contributed by atoms with E-state index in [4.69, 9.17) is 18.7 Å². The molecule has 4 rings (SSSR count). The van der Waals surface area contributed by atoms with Crippen molar-refractivity contribution in [1.29, 1.82) is 0 Å². The van der Waals surface area contributed by atoms with Crippen molar-refractivity contribution >= 4 is 22.7 Å². The summed E-state index contributed by atoms with van der Waals surface area (Å²) in [5, 5.41) is 5.12. The molecule has 0 amide bonds. The zero-order valence-electron chi connectivity index (χ0n) is 23.5. The molecule has 1 aliphatic rings. The second-order valence-electron chi connectivity index (χ2n) is 10.3. The molecule has 0 bridgehead atoms. The van der Waals surface area contributed by atoms with E-state index in [9.17, 15) is 14.0 Å². The Labute approximate surface area is 234 Å². The van der Waals surface area contributed by atoms with Gasteiger partial charge in [0.1, 0.15) is 5.82 Å². The van der Waals surface area contributed by atoms with Gasteiger partial charge in [-0.2, -0.15) is 0 Å². The minimum absolute atomic E-state index is 0.0368. The van der Waals surface area contributed by atoms with Gasteiger partial charge in [0.2, 0.25) is 6.73 Å². The number of piperidine rings is 1. The molecule has 0 unspecified atom stereocenters. The molecule has 214 valence electrons. The standard InChI is InChI=1S/C31H38FN2O6/c1-4-5-6-8-30(36)39-21-34(15-7-18-38-27-12-9-24(22(2)35)19-29(27)37-3)16-13-23(14-17-34)31-26-11-10-25(32)20-28(26)40-33-31/h5-6,9-12,19-20,23H,4,7-8,13-18,21H2,1-3H3/q+1. The molecular formula is C31H38FN2O6+. The number of carbonyl (C=O) groups is 2. The average Bonchev–Trinajstić information content (AvgIpc) is 3.37.